The standard InChI is InChI=1S/C27H21F2N5O4/c1-2-32(18-10-11-22-23(13-18)38-27(28,29)37-22)24(35)16-34-26(36)25-19-8-3-4-9-20(19)33(21(25)14-31-34)15-17-7-5-6-12-30-17/h3-14H,2,15-16H2,1H3. The van der Waals surface area contributed by atoms with E-state index in [4.69, 9.17) is 0 Å². The Morgan fingerprint density at radius 3 is 2.61 bits per heavy atom. The van der Waals surface area contributed by atoms with Gasteiger partial charge in [0.25, 0.3) is 5.56 Å². The van der Waals surface area contributed by atoms with Gasteiger partial charge >= 0.3 is 6.29 Å². The van der Waals surface area contributed by atoms with Gasteiger partial charge in [-0.15, -0.1) is 8.78 Å². The number of ether oxygens (including phenoxy) is 2. The lowest BCUT2D eigenvalue weighted by molar-refractivity contribution is -0.286. The summed E-state index contributed by atoms with van der Waals surface area (Å²) in [6.07, 6.45) is -0.471. The van der Waals surface area contributed by atoms with Crippen LogP contribution in [0.2, 0.25) is 0 Å². The van der Waals surface area contributed by atoms with Crippen molar-refractivity contribution in [2.45, 2.75) is 26.3 Å². The van der Waals surface area contributed by atoms with Crippen LogP contribution in [0.1, 0.15) is 12.6 Å². The molecule has 0 saturated heterocycles. The molecule has 0 unspecified atom stereocenters. The van der Waals surface area contributed by atoms with Gasteiger partial charge in [-0.25, -0.2) is 4.68 Å². The summed E-state index contributed by atoms with van der Waals surface area (Å²) in [6.45, 7) is 2.08. The molecule has 11 heteroatoms. The molecule has 0 spiro atoms. The topological polar surface area (TPSA) is 91.5 Å². The number of alkyl halides is 2. The van der Waals surface area contributed by atoms with Crippen molar-refractivity contribution in [2.24, 2.45) is 0 Å². The number of nitrogens with zero attached hydrogens (tertiary/aromatic N) is 5. The second kappa shape index (κ2) is 8.94. The van der Waals surface area contributed by atoms with E-state index in [1.807, 2.05) is 47.0 Å². The first kappa shape index (κ1) is 23.6. The van der Waals surface area contributed by atoms with Crippen LogP contribution in [0.15, 0.2) is 77.9 Å². The van der Waals surface area contributed by atoms with E-state index in [0.29, 0.717) is 23.1 Å². The number of hydrogen-bond acceptors (Lipinski definition) is 6. The van der Waals surface area contributed by atoms with Gasteiger partial charge < -0.3 is 18.9 Å². The van der Waals surface area contributed by atoms with E-state index in [-0.39, 0.29) is 24.6 Å². The highest BCUT2D eigenvalue weighted by Crippen LogP contribution is 2.42. The average Bonchev–Trinajstić information content (AvgIpc) is 3.39. The molecule has 1 aliphatic rings. The summed E-state index contributed by atoms with van der Waals surface area (Å²) < 4.78 is 38.9. The first-order valence-electron chi connectivity index (χ1n) is 11.9. The van der Waals surface area contributed by atoms with Gasteiger partial charge in [0.2, 0.25) is 5.91 Å². The molecule has 4 heterocycles. The Kier molecular flexibility index (Phi) is 5.55. The van der Waals surface area contributed by atoms with E-state index in [2.05, 4.69) is 19.6 Å². The van der Waals surface area contributed by atoms with E-state index in [1.54, 1.807) is 19.3 Å². The molecule has 3 aromatic heterocycles. The van der Waals surface area contributed by atoms with Gasteiger partial charge in [-0.3, -0.25) is 14.6 Å². The number of para-hydroxylation sites is 1. The van der Waals surface area contributed by atoms with Crippen LogP contribution >= 0.6 is 0 Å². The number of hydrogen-bond donors (Lipinski definition) is 0. The monoisotopic (exact) mass is 517 g/mol. The van der Waals surface area contributed by atoms with Gasteiger partial charge in [0.1, 0.15) is 6.54 Å². The number of carbonyl (C=O) groups is 1. The van der Waals surface area contributed by atoms with Crippen LogP contribution in [0.3, 0.4) is 0 Å². The minimum Gasteiger partial charge on any atom is -0.395 e. The van der Waals surface area contributed by atoms with E-state index in [1.165, 1.54) is 23.1 Å². The molecule has 0 fully saturated rings. The first-order chi connectivity index (χ1) is 18.3. The number of carbonyl (C=O) groups excluding carboxylic acids is 1. The van der Waals surface area contributed by atoms with Crippen LogP contribution < -0.4 is 19.9 Å². The Morgan fingerprint density at radius 1 is 1.03 bits per heavy atom. The molecule has 0 radical (unpaired) electrons. The molecule has 0 bridgehead atoms. The van der Waals surface area contributed by atoms with Crippen molar-refractivity contribution in [3.05, 3.63) is 89.1 Å². The fourth-order valence-electron chi connectivity index (χ4n) is 4.75. The highest BCUT2D eigenvalue weighted by molar-refractivity contribution is 6.07. The van der Waals surface area contributed by atoms with E-state index >= 15 is 0 Å². The van der Waals surface area contributed by atoms with E-state index < -0.39 is 17.8 Å². The van der Waals surface area contributed by atoms with Crippen molar-refractivity contribution >= 4 is 33.4 Å². The fourth-order valence-corrected chi connectivity index (χ4v) is 4.75. The number of likely N-dealkylation sites (N-methyl/N-ethyl adjacent to an activating group) is 1. The molecule has 0 atom stereocenters. The van der Waals surface area contributed by atoms with E-state index in [0.717, 1.165) is 21.3 Å². The van der Waals surface area contributed by atoms with Gasteiger partial charge in [-0.05, 0) is 37.3 Å². The highest BCUT2D eigenvalue weighted by Gasteiger charge is 2.43. The van der Waals surface area contributed by atoms with Gasteiger partial charge in [0, 0.05) is 35.4 Å². The molecule has 1 amide bonds. The second-order valence-corrected chi connectivity index (χ2v) is 8.73. The van der Waals surface area contributed by atoms with Crippen LogP contribution in [0.5, 0.6) is 11.5 Å². The van der Waals surface area contributed by atoms with Crippen molar-refractivity contribution in [1.29, 1.82) is 0 Å². The molecular formula is C27H21F2N5O4. The summed E-state index contributed by atoms with van der Waals surface area (Å²) in [6, 6.07) is 17.3. The quantitative estimate of drug-likeness (QED) is 0.336. The third-order valence-corrected chi connectivity index (χ3v) is 6.42. The van der Waals surface area contributed by atoms with Crippen LogP contribution in [0, 0.1) is 0 Å². The molecule has 2 aromatic carbocycles. The van der Waals surface area contributed by atoms with Crippen molar-refractivity contribution in [2.75, 3.05) is 11.4 Å². The smallest absolute Gasteiger partial charge is 0.395 e. The lowest BCUT2D eigenvalue weighted by Crippen LogP contribution is -2.37. The Bertz CT molecular complexity index is 1750. The Labute approximate surface area is 214 Å². The number of halogens is 2. The predicted octanol–water partition coefficient (Wildman–Crippen LogP) is 4.17. The minimum atomic E-state index is -3.76. The van der Waals surface area contributed by atoms with Crippen molar-refractivity contribution in [3.8, 4) is 11.5 Å². The van der Waals surface area contributed by atoms with Gasteiger partial charge in [-0.1, -0.05) is 24.3 Å². The third kappa shape index (κ3) is 4.01. The van der Waals surface area contributed by atoms with Gasteiger partial charge in [0.05, 0.1) is 29.3 Å². The SMILES string of the molecule is CCN(C(=O)Cn1ncc2c(c1=O)c1ccccc1n2Cc1ccccn1)c1ccc2c(c1)OC(F)(F)O2. The molecule has 9 nitrogen and oxygen atoms in total. The molecule has 1 aliphatic heterocycles. The maximum Gasteiger partial charge on any atom is 0.586 e. The average molecular weight is 517 g/mol. The number of aromatic nitrogens is 4. The number of benzene rings is 2. The van der Waals surface area contributed by atoms with Crippen LogP contribution in [0.4, 0.5) is 14.5 Å². The Morgan fingerprint density at radius 2 is 1.82 bits per heavy atom. The van der Waals surface area contributed by atoms with Crippen LogP contribution in [-0.4, -0.2) is 38.1 Å². The number of rotatable bonds is 6. The molecule has 0 N–H and O–H groups in total. The maximum atomic E-state index is 13.6. The summed E-state index contributed by atoms with van der Waals surface area (Å²) in [7, 11) is 0. The first-order valence-corrected chi connectivity index (χ1v) is 11.9. The number of anilines is 1. The lowest BCUT2D eigenvalue weighted by Gasteiger charge is -2.21. The molecule has 6 rings (SSSR count). The number of amides is 1. The lowest BCUT2D eigenvalue weighted by atomic mass is 10.2. The predicted molar refractivity (Wildman–Crippen MR) is 136 cm³/mol. The highest BCUT2D eigenvalue weighted by atomic mass is 19.3. The summed E-state index contributed by atoms with van der Waals surface area (Å²) in [5.41, 5.74) is 2.24. The van der Waals surface area contributed by atoms with Crippen LogP contribution in [-0.2, 0) is 17.9 Å². The van der Waals surface area contributed by atoms with Gasteiger partial charge in [0.15, 0.2) is 11.5 Å². The van der Waals surface area contributed by atoms with Gasteiger partial charge in [-0.2, -0.15) is 5.10 Å². The van der Waals surface area contributed by atoms with Crippen molar-refractivity contribution < 1.29 is 23.0 Å². The largest absolute Gasteiger partial charge is 0.586 e. The third-order valence-electron chi connectivity index (χ3n) is 6.42. The zero-order chi connectivity index (χ0) is 26.4. The Hall–Kier alpha value is -4.80. The summed E-state index contributed by atoms with van der Waals surface area (Å²) in [5, 5.41) is 5.50. The normalized spacial score (nSPS) is 13.8. The molecular weight excluding hydrogens is 496 g/mol. The zero-order valence-electron chi connectivity index (χ0n) is 20.2. The summed E-state index contributed by atoms with van der Waals surface area (Å²) >= 11 is 0. The fraction of sp³-hybridized carbons (Fsp3) is 0.185. The summed E-state index contributed by atoms with van der Waals surface area (Å²) in [5.74, 6) is -0.729. The van der Waals surface area contributed by atoms with Crippen molar-refractivity contribution in [1.82, 2.24) is 19.3 Å². The number of fused-ring (bicyclic) bond motifs is 4. The molecule has 0 aliphatic carbocycles. The maximum absolute atomic E-state index is 13.6. The molecule has 5 aromatic rings. The number of pyridine rings is 1. The van der Waals surface area contributed by atoms with Crippen LogP contribution in [0.25, 0.3) is 21.8 Å². The zero-order valence-corrected chi connectivity index (χ0v) is 20.2. The Balaban J connectivity index is 1.35. The minimum absolute atomic E-state index is 0.118. The second-order valence-electron chi connectivity index (χ2n) is 8.73. The van der Waals surface area contributed by atoms with Crippen molar-refractivity contribution in [3.63, 3.8) is 0 Å². The molecule has 0 saturated carbocycles. The molecule has 38 heavy (non-hydrogen) atoms. The molecule has 192 valence electrons. The van der Waals surface area contributed by atoms with E-state index in [9.17, 15) is 18.4 Å². The summed E-state index contributed by atoms with van der Waals surface area (Å²) in [4.78, 5) is 32.6.